The van der Waals surface area contributed by atoms with Crippen LogP contribution in [0, 0.1) is 0 Å². The van der Waals surface area contributed by atoms with Crippen molar-refractivity contribution in [3.05, 3.63) is 83.9 Å². The van der Waals surface area contributed by atoms with E-state index in [1.54, 1.807) is 48.5 Å². The number of hydrogen-bond donors (Lipinski definition) is 2. The Balaban J connectivity index is 1.24. The number of carbonyl (C=O) groups excluding carboxylic acids is 2. The number of ether oxygens (including phenoxy) is 4. The second-order valence-electron chi connectivity index (χ2n) is 9.64. The Kier molecular flexibility index (Phi) is 13.1. The fourth-order valence-corrected chi connectivity index (χ4v) is 3.89. The number of rotatable bonds is 17. The third-order valence-electron chi connectivity index (χ3n) is 6.10. The summed E-state index contributed by atoms with van der Waals surface area (Å²) in [5.41, 5.74) is 13.6. The third-order valence-corrected chi connectivity index (χ3v) is 6.10. The molecule has 0 fully saturated rings. The van der Waals surface area contributed by atoms with Gasteiger partial charge in [0.1, 0.15) is 17.2 Å². The molecule has 8 nitrogen and oxygen atoms in total. The quantitative estimate of drug-likeness (QED) is 0.0605. The van der Waals surface area contributed by atoms with Gasteiger partial charge < -0.3 is 30.4 Å². The van der Waals surface area contributed by atoms with E-state index in [4.69, 9.17) is 30.4 Å². The molecule has 0 amide bonds. The monoisotopic (exact) mass is 560 g/mol. The van der Waals surface area contributed by atoms with Crippen molar-refractivity contribution < 1.29 is 28.5 Å². The summed E-state index contributed by atoms with van der Waals surface area (Å²) in [6, 6.07) is 19.3. The smallest absolute Gasteiger partial charge is 0.338 e. The minimum atomic E-state index is -0.449. The SMILES string of the molecule is CCCCOc1ccc(OC(=O)C=Cc2ccc(OCCCCCCCOC(=O)c3cc(N)cc(N)c3)cc2)cc1. The van der Waals surface area contributed by atoms with E-state index in [1.807, 2.05) is 24.3 Å². The molecule has 0 aliphatic heterocycles. The van der Waals surface area contributed by atoms with Crippen molar-refractivity contribution in [3.8, 4) is 17.2 Å². The molecule has 0 saturated carbocycles. The van der Waals surface area contributed by atoms with Gasteiger partial charge in [0.05, 0.1) is 25.4 Å². The van der Waals surface area contributed by atoms with Gasteiger partial charge in [-0.3, -0.25) is 0 Å². The first kappa shape index (κ1) is 31.1. The average Bonchev–Trinajstić information content (AvgIpc) is 2.96. The first-order valence-corrected chi connectivity index (χ1v) is 14.1. The Hall–Kier alpha value is -4.46. The summed E-state index contributed by atoms with van der Waals surface area (Å²) in [6.07, 6.45) is 9.94. The molecule has 0 aliphatic rings. The Bertz CT molecular complexity index is 1240. The van der Waals surface area contributed by atoms with Crippen LogP contribution in [0.2, 0.25) is 0 Å². The van der Waals surface area contributed by atoms with Gasteiger partial charge in [0.25, 0.3) is 0 Å². The van der Waals surface area contributed by atoms with E-state index in [-0.39, 0.29) is 0 Å². The molecule has 0 aromatic heterocycles. The van der Waals surface area contributed by atoms with Crippen LogP contribution < -0.4 is 25.7 Å². The van der Waals surface area contributed by atoms with Gasteiger partial charge in [-0.15, -0.1) is 0 Å². The summed E-state index contributed by atoms with van der Waals surface area (Å²) in [5, 5.41) is 0. The van der Waals surface area contributed by atoms with Crippen LogP contribution in [0.3, 0.4) is 0 Å². The van der Waals surface area contributed by atoms with Crippen LogP contribution in [-0.2, 0) is 9.53 Å². The Morgan fingerprint density at radius 3 is 1.85 bits per heavy atom. The van der Waals surface area contributed by atoms with Gasteiger partial charge in [0.2, 0.25) is 0 Å². The number of nitrogen functional groups attached to an aromatic ring is 2. The van der Waals surface area contributed by atoms with Crippen LogP contribution in [0.1, 0.15) is 67.8 Å². The maximum Gasteiger partial charge on any atom is 0.338 e. The normalized spacial score (nSPS) is 10.9. The van der Waals surface area contributed by atoms with Crippen molar-refractivity contribution in [1.82, 2.24) is 0 Å². The lowest BCUT2D eigenvalue weighted by Gasteiger charge is -2.08. The number of hydrogen-bond acceptors (Lipinski definition) is 8. The summed E-state index contributed by atoms with van der Waals surface area (Å²) < 4.78 is 22.1. The highest BCUT2D eigenvalue weighted by molar-refractivity contribution is 5.91. The van der Waals surface area contributed by atoms with Gasteiger partial charge in [0, 0.05) is 17.5 Å². The van der Waals surface area contributed by atoms with Crippen molar-refractivity contribution in [2.45, 2.75) is 51.9 Å². The van der Waals surface area contributed by atoms with Gasteiger partial charge in [-0.25, -0.2) is 9.59 Å². The maximum absolute atomic E-state index is 12.2. The van der Waals surface area contributed by atoms with Crippen LogP contribution in [-0.4, -0.2) is 31.8 Å². The standard InChI is InChI=1S/C33H40N2O6/c1-2-3-19-38-30-14-16-31(17-15-30)41-32(36)18-11-25-9-12-29(13-10-25)39-20-7-5-4-6-8-21-40-33(37)26-22-27(34)24-28(35)23-26/h9-18,22-24H,2-8,19-21,34-35H2,1H3. The molecule has 218 valence electrons. The largest absolute Gasteiger partial charge is 0.494 e. The number of carbonyl (C=O) groups is 2. The van der Waals surface area contributed by atoms with Crippen molar-refractivity contribution >= 4 is 29.4 Å². The zero-order chi connectivity index (χ0) is 29.3. The Labute approximate surface area is 242 Å². The molecule has 41 heavy (non-hydrogen) atoms. The second kappa shape index (κ2) is 17.3. The highest BCUT2D eigenvalue weighted by Gasteiger charge is 2.08. The molecule has 0 bridgehead atoms. The molecular weight excluding hydrogens is 520 g/mol. The van der Waals surface area contributed by atoms with Gasteiger partial charge in [0.15, 0.2) is 0 Å². The van der Waals surface area contributed by atoms with Crippen LogP contribution >= 0.6 is 0 Å². The molecule has 3 aromatic carbocycles. The highest BCUT2D eigenvalue weighted by atomic mass is 16.5. The lowest BCUT2D eigenvalue weighted by atomic mass is 10.1. The molecule has 8 heteroatoms. The Morgan fingerprint density at radius 2 is 1.22 bits per heavy atom. The number of nitrogens with two attached hydrogens (primary N) is 2. The van der Waals surface area contributed by atoms with Gasteiger partial charge in [-0.05, 0) is 85.5 Å². The van der Waals surface area contributed by atoms with Crippen LogP contribution in [0.4, 0.5) is 11.4 Å². The average molecular weight is 561 g/mol. The number of esters is 2. The molecular formula is C33H40N2O6. The summed E-state index contributed by atoms with van der Waals surface area (Å²) >= 11 is 0. The Morgan fingerprint density at radius 1 is 0.683 bits per heavy atom. The van der Waals surface area contributed by atoms with Gasteiger partial charge >= 0.3 is 11.9 Å². The summed E-state index contributed by atoms with van der Waals surface area (Å²) in [7, 11) is 0. The van der Waals surface area contributed by atoms with Gasteiger partial charge in [-0.1, -0.05) is 44.7 Å². The van der Waals surface area contributed by atoms with Crippen LogP contribution in [0.25, 0.3) is 6.08 Å². The van der Waals surface area contributed by atoms with E-state index in [1.165, 1.54) is 6.08 Å². The minimum absolute atomic E-state index is 0.365. The first-order chi connectivity index (χ1) is 19.9. The fraction of sp³-hybridized carbons (Fsp3) is 0.333. The van der Waals surface area contributed by atoms with E-state index in [0.29, 0.717) is 42.5 Å². The highest BCUT2D eigenvalue weighted by Crippen LogP contribution is 2.19. The number of benzene rings is 3. The summed E-state index contributed by atoms with van der Waals surface area (Å²) in [5.74, 6) is 1.15. The molecule has 0 spiro atoms. The molecule has 4 N–H and O–H groups in total. The van der Waals surface area contributed by atoms with Crippen LogP contribution in [0.15, 0.2) is 72.8 Å². The van der Waals surface area contributed by atoms with E-state index in [9.17, 15) is 9.59 Å². The van der Waals surface area contributed by atoms with E-state index < -0.39 is 11.9 Å². The lowest BCUT2D eigenvalue weighted by molar-refractivity contribution is -0.128. The predicted octanol–water partition coefficient (Wildman–Crippen LogP) is 6.84. The molecule has 0 saturated heterocycles. The molecule has 0 radical (unpaired) electrons. The van der Waals surface area contributed by atoms with Gasteiger partial charge in [-0.2, -0.15) is 0 Å². The molecule has 0 heterocycles. The zero-order valence-corrected chi connectivity index (χ0v) is 23.7. The molecule has 0 atom stereocenters. The predicted molar refractivity (Wildman–Crippen MR) is 162 cm³/mol. The maximum atomic E-state index is 12.2. The van der Waals surface area contributed by atoms with Crippen molar-refractivity contribution in [2.24, 2.45) is 0 Å². The molecule has 0 aliphatic carbocycles. The van der Waals surface area contributed by atoms with Crippen molar-refractivity contribution in [2.75, 3.05) is 31.3 Å². The lowest BCUT2D eigenvalue weighted by Crippen LogP contribution is -2.08. The number of anilines is 2. The zero-order valence-electron chi connectivity index (χ0n) is 23.7. The second-order valence-corrected chi connectivity index (χ2v) is 9.64. The van der Waals surface area contributed by atoms with Crippen molar-refractivity contribution in [1.29, 1.82) is 0 Å². The van der Waals surface area contributed by atoms with E-state index in [2.05, 4.69) is 6.92 Å². The fourth-order valence-electron chi connectivity index (χ4n) is 3.89. The van der Waals surface area contributed by atoms with Crippen LogP contribution in [0.5, 0.6) is 17.2 Å². The number of unbranched alkanes of at least 4 members (excludes halogenated alkanes) is 5. The third kappa shape index (κ3) is 12.1. The summed E-state index contributed by atoms with van der Waals surface area (Å²) in [4.78, 5) is 24.2. The first-order valence-electron chi connectivity index (χ1n) is 14.1. The topological polar surface area (TPSA) is 123 Å². The van der Waals surface area contributed by atoms with Crippen molar-refractivity contribution in [3.63, 3.8) is 0 Å². The molecule has 3 rings (SSSR count). The molecule has 0 unspecified atom stereocenters. The van der Waals surface area contributed by atoms with E-state index in [0.717, 1.165) is 62.0 Å². The summed E-state index contributed by atoms with van der Waals surface area (Å²) in [6.45, 7) is 3.77. The molecule has 3 aromatic rings. The minimum Gasteiger partial charge on any atom is -0.494 e. The van der Waals surface area contributed by atoms with E-state index >= 15 is 0 Å².